The van der Waals surface area contributed by atoms with Crippen molar-refractivity contribution in [3.63, 3.8) is 0 Å². The number of aryl methyl sites for hydroxylation is 1. The first-order valence-corrected chi connectivity index (χ1v) is 8.35. The summed E-state index contributed by atoms with van der Waals surface area (Å²) in [7, 11) is 0. The average molecular weight is 327 g/mol. The largest absolute Gasteiger partial charge is 0.377 e. The van der Waals surface area contributed by atoms with Crippen molar-refractivity contribution in [3.05, 3.63) is 41.3 Å². The van der Waals surface area contributed by atoms with Gasteiger partial charge < -0.3 is 10.1 Å². The van der Waals surface area contributed by atoms with E-state index in [1.165, 1.54) is 0 Å². The summed E-state index contributed by atoms with van der Waals surface area (Å²) >= 11 is 0. The number of rotatable bonds is 1. The van der Waals surface area contributed by atoms with Crippen LogP contribution in [0.4, 0.5) is 10.1 Å². The van der Waals surface area contributed by atoms with Crippen molar-refractivity contribution in [2.75, 3.05) is 11.9 Å². The molecule has 2 atom stereocenters. The van der Waals surface area contributed by atoms with Gasteiger partial charge in [0.05, 0.1) is 17.3 Å². The molecule has 4 nitrogen and oxygen atoms in total. The number of aromatic nitrogens is 2. The SMILES string of the molecule is Cc1ccnnc1-c1cc2c(cc1F)NC(C)(C)C1OCCC21C. The number of hydrogen-bond acceptors (Lipinski definition) is 4. The predicted molar refractivity (Wildman–Crippen MR) is 91.6 cm³/mol. The van der Waals surface area contributed by atoms with Crippen LogP contribution < -0.4 is 5.32 Å². The van der Waals surface area contributed by atoms with Gasteiger partial charge in [-0.15, -0.1) is 0 Å². The molecule has 0 radical (unpaired) electrons. The maximum absolute atomic E-state index is 14.8. The van der Waals surface area contributed by atoms with Crippen LogP contribution in [0.2, 0.25) is 0 Å². The maximum atomic E-state index is 14.8. The Labute approximate surface area is 141 Å². The Balaban J connectivity index is 1.94. The lowest BCUT2D eigenvalue weighted by molar-refractivity contribution is 0.0352. The first-order chi connectivity index (χ1) is 11.3. The average Bonchev–Trinajstić information content (AvgIpc) is 2.92. The Morgan fingerprint density at radius 1 is 1.29 bits per heavy atom. The fraction of sp³-hybridized carbons (Fsp3) is 0.474. The lowest BCUT2D eigenvalue weighted by Gasteiger charge is -2.48. The second-order valence-electron chi connectivity index (χ2n) is 7.71. The smallest absolute Gasteiger partial charge is 0.134 e. The van der Waals surface area contributed by atoms with E-state index in [4.69, 9.17) is 4.74 Å². The van der Waals surface area contributed by atoms with Crippen LogP contribution in [-0.4, -0.2) is 28.4 Å². The molecule has 1 aromatic carbocycles. The molecule has 0 saturated carbocycles. The molecule has 2 aliphatic rings. The summed E-state index contributed by atoms with van der Waals surface area (Å²) in [6, 6.07) is 5.39. The Bertz CT molecular complexity index is 820. The normalized spacial score (nSPS) is 27.3. The van der Waals surface area contributed by atoms with Crippen LogP contribution in [0.25, 0.3) is 11.3 Å². The molecule has 4 rings (SSSR count). The van der Waals surface area contributed by atoms with E-state index < -0.39 is 0 Å². The molecule has 1 saturated heterocycles. The van der Waals surface area contributed by atoms with E-state index in [0.29, 0.717) is 11.3 Å². The van der Waals surface area contributed by atoms with Gasteiger partial charge >= 0.3 is 0 Å². The van der Waals surface area contributed by atoms with E-state index in [1.807, 2.05) is 19.1 Å². The van der Waals surface area contributed by atoms with E-state index in [2.05, 4.69) is 36.3 Å². The highest BCUT2D eigenvalue weighted by Crippen LogP contribution is 2.51. The van der Waals surface area contributed by atoms with Gasteiger partial charge in [-0.05, 0) is 56.5 Å². The number of nitrogens with zero attached hydrogens (tertiary/aromatic N) is 2. The number of nitrogens with one attached hydrogen (secondary N) is 1. The molecule has 0 aliphatic carbocycles. The predicted octanol–water partition coefficient (Wildman–Crippen LogP) is 3.84. The van der Waals surface area contributed by atoms with Crippen LogP contribution in [0.3, 0.4) is 0 Å². The summed E-state index contributed by atoms with van der Waals surface area (Å²) in [5.74, 6) is -0.276. The summed E-state index contributed by atoms with van der Waals surface area (Å²) < 4.78 is 20.9. The molecule has 1 N–H and O–H groups in total. The molecule has 0 amide bonds. The van der Waals surface area contributed by atoms with Crippen molar-refractivity contribution >= 4 is 5.69 Å². The van der Waals surface area contributed by atoms with E-state index >= 15 is 0 Å². The number of benzene rings is 1. The fourth-order valence-electron chi connectivity index (χ4n) is 4.39. The highest BCUT2D eigenvalue weighted by atomic mass is 19.1. The van der Waals surface area contributed by atoms with E-state index in [9.17, 15) is 4.39 Å². The summed E-state index contributed by atoms with van der Waals surface area (Å²) in [5.41, 5.74) is 3.60. The molecule has 1 fully saturated rings. The molecule has 2 aliphatic heterocycles. The molecule has 126 valence electrons. The third kappa shape index (κ3) is 2.07. The van der Waals surface area contributed by atoms with Gasteiger partial charge in [-0.3, -0.25) is 0 Å². The highest BCUT2D eigenvalue weighted by molar-refractivity contribution is 5.72. The minimum atomic E-state index is -0.276. The van der Waals surface area contributed by atoms with Crippen molar-refractivity contribution in [1.29, 1.82) is 0 Å². The van der Waals surface area contributed by atoms with Crippen molar-refractivity contribution in [3.8, 4) is 11.3 Å². The summed E-state index contributed by atoms with van der Waals surface area (Å²) in [6.07, 6.45) is 2.61. The third-order valence-electron chi connectivity index (χ3n) is 5.50. The van der Waals surface area contributed by atoms with Crippen molar-refractivity contribution in [2.45, 2.75) is 51.2 Å². The minimum absolute atomic E-state index is 0.0544. The molecule has 0 spiro atoms. The van der Waals surface area contributed by atoms with Gasteiger partial charge in [0.15, 0.2) is 0 Å². The summed E-state index contributed by atoms with van der Waals surface area (Å²) in [4.78, 5) is 0. The first-order valence-electron chi connectivity index (χ1n) is 8.35. The molecular formula is C19H22FN3O. The van der Waals surface area contributed by atoms with Crippen LogP contribution in [0, 0.1) is 12.7 Å². The standard InChI is InChI=1S/C19H22FN3O/c1-11-5-7-21-23-16(11)12-9-13-15(10-14(12)20)22-18(2,3)17-19(13,4)6-8-24-17/h5,7,9-10,17,22H,6,8H2,1-4H3. The molecular weight excluding hydrogens is 305 g/mol. The Kier molecular flexibility index (Phi) is 3.23. The molecule has 2 aromatic rings. The zero-order valence-electron chi connectivity index (χ0n) is 14.5. The van der Waals surface area contributed by atoms with Crippen LogP contribution in [0.1, 0.15) is 38.3 Å². The molecule has 5 heteroatoms. The van der Waals surface area contributed by atoms with Gasteiger partial charge in [-0.25, -0.2) is 4.39 Å². The van der Waals surface area contributed by atoms with Gasteiger partial charge in [0.2, 0.25) is 0 Å². The van der Waals surface area contributed by atoms with Gasteiger partial charge in [0.1, 0.15) is 5.82 Å². The Hall–Kier alpha value is -2.01. The molecule has 0 bridgehead atoms. The molecule has 1 aromatic heterocycles. The molecule has 24 heavy (non-hydrogen) atoms. The minimum Gasteiger partial charge on any atom is -0.377 e. The number of ether oxygens (including phenoxy) is 1. The topological polar surface area (TPSA) is 47.0 Å². The first kappa shape index (κ1) is 15.5. The van der Waals surface area contributed by atoms with Crippen molar-refractivity contribution < 1.29 is 9.13 Å². The Morgan fingerprint density at radius 3 is 2.83 bits per heavy atom. The monoisotopic (exact) mass is 327 g/mol. The number of halogens is 1. The van der Waals surface area contributed by atoms with E-state index in [-0.39, 0.29) is 22.9 Å². The van der Waals surface area contributed by atoms with Gasteiger partial charge in [-0.1, -0.05) is 6.92 Å². The molecule has 2 unspecified atom stereocenters. The number of hydrogen-bond donors (Lipinski definition) is 1. The second kappa shape index (κ2) is 4.99. The van der Waals surface area contributed by atoms with Crippen molar-refractivity contribution in [1.82, 2.24) is 10.2 Å². The summed E-state index contributed by atoms with van der Waals surface area (Å²) in [5, 5.41) is 11.5. The number of fused-ring (bicyclic) bond motifs is 3. The lowest BCUT2D eigenvalue weighted by Crippen LogP contribution is -2.56. The number of anilines is 1. The van der Waals surface area contributed by atoms with Gasteiger partial charge in [-0.2, -0.15) is 10.2 Å². The quantitative estimate of drug-likeness (QED) is 0.864. The Morgan fingerprint density at radius 2 is 2.08 bits per heavy atom. The van der Waals surface area contributed by atoms with Gasteiger partial charge in [0, 0.05) is 29.5 Å². The zero-order chi connectivity index (χ0) is 17.1. The second-order valence-corrected chi connectivity index (χ2v) is 7.71. The highest BCUT2D eigenvalue weighted by Gasteiger charge is 2.53. The third-order valence-corrected chi connectivity index (χ3v) is 5.50. The zero-order valence-corrected chi connectivity index (χ0v) is 14.5. The van der Waals surface area contributed by atoms with E-state index in [0.717, 1.165) is 29.8 Å². The molecule has 3 heterocycles. The van der Waals surface area contributed by atoms with Crippen LogP contribution >= 0.6 is 0 Å². The van der Waals surface area contributed by atoms with Crippen LogP contribution in [-0.2, 0) is 10.2 Å². The van der Waals surface area contributed by atoms with E-state index in [1.54, 1.807) is 12.3 Å². The maximum Gasteiger partial charge on any atom is 0.134 e. The van der Waals surface area contributed by atoms with Gasteiger partial charge in [0.25, 0.3) is 0 Å². The van der Waals surface area contributed by atoms with Crippen LogP contribution in [0.15, 0.2) is 24.4 Å². The summed E-state index contributed by atoms with van der Waals surface area (Å²) in [6.45, 7) is 9.10. The van der Waals surface area contributed by atoms with Crippen LogP contribution in [0.5, 0.6) is 0 Å². The van der Waals surface area contributed by atoms with Crippen molar-refractivity contribution in [2.24, 2.45) is 0 Å². The fourth-order valence-corrected chi connectivity index (χ4v) is 4.39. The lowest BCUT2D eigenvalue weighted by atomic mass is 9.66.